The smallest absolute Gasteiger partial charge is 0.0972 e. The third-order valence-electron chi connectivity index (χ3n) is 8.54. The number of rotatable bonds is 3. The van der Waals surface area contributed by atoms with Gasteiger partial charge in [0.15, 0.2) is 0 Å². The van der Waals surface area contributed by atoms with Crippen molar-refractivity contribution < 1.29 is 0 Å². The summed E-state index contributed by atoms with van der Waals surface area (Å²) in [7, 11) is 0. The zero-order chi connectivity index (χ0) is 28.3. The monoisotopic (exact) mass is 556 g/mol. The molecule has 7 aromatic rings. The van der Waals surface area contributed by atoms with Crippen LogP contribution in [0.3, 0.4) is 0 Å². The Morgan fingerprint density at radius 1 is 0.452 bits per heavy atom. The maximum absolute atomic E-state index is 5.14. The van der Waals surface area contributed by atoms with Crippen molar-refractivity contribution in [1.82, 2.24) is 9.97 Å². The number of benzene rings is 5. The van der Waals surface area contributed by atoms with Gasteiger partial charge in [-0.2, -0.15) is 0 Å². The molecule has 0 aliphatic carbocycles. The second-order valence-electron chi connectivity index (χ2n) is 11.5. The maximum atomic E-state index is 5.14. The molecule has 0 fully saturated rings. The summed E-state index contributed by atoms with van der Waals surface area (Å²) < 4.78 is 0. The van der Waals surface area contributed by atoms with Crippen LogP contribution in [0.25, 0.3) is 55.4 Å². The summed E-state index contributed by atoms with van der Waals surface area (Å²) >= 11 is 1.88. The average Bonchev–Trinajstić information content (AvgIpc) is 3.05. The van der Waals surface area contributed by atoms with Gasteiger partial charge >= 0.3 is 0 Å². The summed E-state index contributed by atoms with van der Waals surface area (Å²) in [5.41, 5.74) is 11.2. The van der Waals surface area contributed by atoms with Crippen molar-refractivity contribution in [2.75, 3.05) is 0 Å². The SMILES string of the molecule is CC1(C)c2ccccc2Sc2ccc(-c3ccc(-c4ccc5ccc6ccc(-c7ccccc7)nc6c5n4)cc3)cc21. The molecule has 3 heterocycles. The largest absolute Gasteiger partial charge is 0.245 e. The van der Waals surface area contributed by atoms with Crippen molar-refractivity contribution in [3.63, 3.8) is 0 Å². The molecule has 1 aliphatic heterocycles. The van der Waals surface area contributed by atoms with Crippen LogP contribution in [0, 0.1) is 0 Å². The summed E-state index contributed by atoms with van der Waals surface area (Å²) in [5, 5.41) is 2.19. The van der Waals surface area contributed by atoms with Gasteiger partial charge in [0.1, 0.15) is 0 Å². The molecule has 0 saturated carbocycles. The van der Waals surface area contributed by atoms with E-state index in [9.17, 15) is 0 Å². The first-order valence-corrected chi connectivity index (χ1v) is 15.1. The topological polar surface area (TPSA) is 25.8 Å². The van der Waals surface area contributed by atoms with Crippen LogP contribution < -0.4 is 0 Å². The van der Waals surface area contributed by atoms with Crippen LogP contribution in [0.5, 0.6) is 0 Å². The highest BCUT2D eigenvalue weighted by molar-refractivity contribution is 7.99. The highest BCUT2D eigenvalue weighted by Crippen LogP contribution is 2.49. The maximum Gasteiger partial charge on any atom is 0.0972 e. The van der Waals surface area contributed by atoms with Crippen LogP contribution in [0.1, 0.15) is 25.0 Å². The average molecular weight is 557 g/mol. The van der Waals surface area contributed by atoms with E-state index in [1.165, 1.54) is 32.0 Å². The quantitative estimate of drug-likeness (QED) is 0.202. The van der Waals surface area contributed by atoms with Gasteiger partial charge in [0, 0.05) is 37.1 Å². The van der Waals surface area contributed by atoms with Crippen molar-refractivity contribution >= 4 is 33.6 Å². The van der Waals surface area contributed by atoms with Gasteiger partial charge in [-0.1, -0.05) is 129 Å². The second kappa shape index (κ2) is 9.68. The summed E-state index contributed by atoms with van der Waals surface area (Å²) in [6, 6.07) is 47.6. The van der Waals surface area contributed by atoms with E-state index in [-0.39, 0.29) is 5.41 Å². The third kappa shape index (κ3) is 4.12. The Kier molecular flexibility index (Phi) is 5.77. The van der Waals surface area contributed by atoms with E-state index >= 15 is 0 Å². The Labute approximate surface area is 250 Å². The van der Waals surface area contributed by atoms with Gasteiger partial charge in [0.05, 0.1) is 22.4 Å². The third-order valence-corrected chi connectivity index (χ3v) is 9.69. The van der Waals surface area contributed by atoms with E-state index in [1.54, 1.807) is 0 Å². The molecule has 1 aliphatic rings. The standard InChI is InChI=1S/C39H28N2S/c1-39(2)31-10-6-7-11-35(31)42-36-23-20-30(24-32(36)39)25-12-14-27(15-13-25)34-22-19-29-17-16-28-18-21-33(26-8-4-3-5-9-26)40-37(28)38(29)41-34/h3-24H,1-2H3. The molecule has 0 spiro atoms. The predicted octanol–water partition coefficient (Wildman–Crippen LogP) is 10.6. The van der Waals surface area contributed by atoms with Crippen LogP contribution in [0.2, 0.25) is 0 Å². The highest BCUT2D eigenvalue weighted by Gasteiger charge is 2.33. The van der Waals surface area contributed by atoms with Gasteiger partial charge in [-0.15, -0.1) is 0 Å². The summed E-state index contributed by atoms with van der Waals surface area (Å²) in [6.07, 6.45) is 0. The minimum absolute atomic E-state index is 0.0423. The first-order chi connectivity index (χ1) is 20.5. The molecule has 8 rings (SSSR count). The molecular weight excluding hydrogens is 529 g/mol. The van der Waals surface area contributed by atoms with Crippen LogP contribution >= 0.6 is 11.8 Å². The molecule has 200 valence electrons. The van der Waals surface area contributed by atoms with E-state index in [0.717, 1.165) is 44.3 Å². The molecule has 3 heteroatoms. The molecule has 0 N–H and O–H groups in total. The first-order valence-electron chi connectivity index (χ1n) is 14.3. The van der Waals surface area contributed by atoms with E-state index < -0.39 is 0 Å². The van der Waals surface area contributed by atoms with E-state index in [0.29, 0.717) is 0 Å². The Balaban J connectivity index is 1.16. The molecule has 42 heavy (non-hydrogen) atoms. The van der Waals surface area contributed by atoms with Crippen LogP contribution in [-0.4, -0.2) is 9.97 Å². The lowest BCUT2D eigenvalue weighted by Crippen LogP contribution is -2.23. The predicted molar refractivity (Wildman–Crippen MR) is 176 cm³/mol. The number of nitrogens with zero attached hydrogens (tertiary/aromatic N) is 2. The normalized spacial score (nSPS) is 13.6. The van der Waals surface area contributed by atoms with Gasteiger partial charge in [-0.25, -0.2) is 9.97 Å². The Bertz CT molecular complexity index is 2130. The van der Waals surface area contributed by atoms with Crippen LogP contribution in [0.15, 0.2) is 143 Å². The lowest BCUT2D eigenvalue weighted by molar-refractivity contribution is 0.607. The minimum Gasteiger partial charge on any atom is -0.245 e. The summed E-state index contributed by atoms with van der Waals surface area (Å²) in [5.74, 6) is 0. The molecule has 2 nitrogen and oxygen atoms in total. The van der Waals surface area contributed by atoms with Crippen LogP contribution in [-0.2, 0) is 5.41 Å². The van der Waals surface area contributed by atoms with Crippen LogP contribution in [0.4, 0.5) is 0 Å². The van der Waals surface area contributed by atoms with Crippen molar-refractivity contribution in [2.24, 2.45) is 0 Å². The van der Waals surface area contributed by atoms with Crippen molar-refractivity contribution in [1.29, 1.82) is 0 Å². The van der Waals surface area contributed by atoms with Gasteiger partial charge in [-0.05, 0) is 52.6 Å². The van der Waals surface area contributed by atoms with E-state index in [1.807, 2.05) is 30.0 Å². The molecule has 5 aromatic carbocycles. The minimum atomic E-state index is -0.0423. The summed E-state index contributed by atoms with van der Waals surface area (Å²) in [4.78, 5) is 12.9. The molecule has 0 saturated heterocycles. The van der Waals surface area contributed by atoms with Crippen molar-refractivity contribution in [3.8, 4) is 33.6 Å². The fourth-order valence-corrected chi connectivity index (χ4v) is 7.53. The lowest BCUT2D eigenvalue weighted by atomic mass is 9.77. The molecule has 0 radical (unpaired) electrons. The zero-order valence-corrected chi connectivity index (χ0v) is 24.3. The number of pyridine rings is 2. The first kappa shape index (κ1) is 25.0. The number of hydrogen-bond donors (Lipinski definition) is 0. The van der Waals surface area contributed by atoms with Gasteiger partial charge in [0.2, 0.25) is 0 Å². The molecule has 0 unspecified atom stereocenters. The lowest BCUT2D eigenvalue weighted by Gasteiger charge is -2.34. The number of aromatic nitrogens is 2. The molecule has 2 aromatic heterocycles. The van der Waals surface area contributed by atoms with E-state index in [2.05, 4.69) is 129 Å². The second-order valence-corrected chi connectivity index (χ2v) is 12.6. The summed E-state index contributed by atoms with van der Waals surface area (Å²) in [6.45, 7) is 4.67. The molecule has 0 atom stereocenters. The fourth-order valence-electron chi connectivity index (χ4n) is 6.15. The van der Waals surface area contributed by atoms with Gasteiger partial charge in [0.25, 0.3) is 0 Å². The molecular formula is C39H28N2S. The van der Waals surface area contributed by atoms with Crippen molar-refractivity contribution in [2.45, 2.75) is 29.1 Å². The van der Waals surface area contributed by atoms with E-state index in [4.69, 9.17) is 9.97 Å². The Morgan fingerprint density at radius 2 is 0.976 bits per heavy atom. The van der Waals surface area contributed by atoms with Crippen molar-refractivity contribution in [3.05, 3.63) is 145 Å². The molecule has 0 bridgehead atoms. The number of fused-ring (bicyclic) bond motifs is 5. The molecule has 0 amide bonds. The van der Waals surface area contributed by atoms with Gasteiger partial charge < -0.3 is 0 Å². The highest BCUT2D eigenvalue weighted by atomic mass is 32.2. The van der Waals surface area contributed by atoms with Gasteiger partial charge in [-0.3, -0.25) is 0 Å². The Hall–Kier alpha value is -4.73. The fraction of sp³-hybridized carbons (Fsp3) is 0.0769. The Morgan fingerprint density at radius 3 is 1.67 bits per heavy atom. The number of hydrogen-bond acceptors (Lipinski definition) is 3. The zero-order valence-electron chi connectivity index (χ0n) is 23.5.